The molecule has 0 aliphatic carbocycles. The van der Waals surface area contributed by atoms with E-state index >= 15 is 0 Å². The molecule has 2 aliphatic rings. The van der Waals surface area contributed by atoms with Crippen LogP contribution in [0.4, 0.5) is 5.13 Å². The highest BCUT2D eigenvalue weighted by molar-refractivity contribution is 8.00. The van der Waals surface area contributed by atoms with Crippen LogP contribution in [0.2, 0.25) is 0 Å². The Bertz CT molecular complexity index is 1210. The number of anilines is 1. The van der Waals surface area contributed by atoms with Gasteiger partial charge in [0.1, 0.15) is 24.2 Å². The zero-order chi connectivity index (χ0) is 24.2. The summed E-state index contributed by atoms with van der Waals surface area (Å²) in [5.74, 6) is -2.35. The lowest BCUT2D eigenvalue weighted by molar-refractivity contribution is -0.687. The number of β-lactam (4-membered cyclic amide) rings is 1. The van der Waals surface area contributed by atoms with Crippen LogP contribution in [0.25, 0.3) is 0 Å². The molecule has 1 unspecified atom stereocenters. The van der Waals surface area contributed by atoms with E-state index in [1.54, 1.807) is 11.5 Å². The van der Waals surface area contributed by atoms with Crippen molar-refractivity contribution in [2.24, 2.45) is 5.16 Å². The van der Waals surface area contributed by atoms with E-state index in [1.165, 1.54) is 18.9 Å². The highest BCUT2D eigenvalue weighted by atomic mass is 32.2. The molecule has 1 fully saturated rings. The highest BCUT2D eigenvalue weighted by Gasteiger charge is 2.53. The SMILES string of the molecule is CO/N=C(\C(=O)NC1C(=O)N2C(C(=O)[O-])=C(/C=C/C[n+]3ccccc3)CS[C@@H]12)c1csc(N)n1. The Morgan fingerprint density at radius 2 is 2.18 bits per heavy atom. The first-order valence-electron chi connectivity index (χ1n) is 10.0. The molecule has 0 saturated carbocycles. The van der Waals surface area contributed by atoms with Gasteiger partial charge in [0, 0.05) is 23.3 Å². The molecule has 34 heavy (non-hydrogen) atoms. The first kappa shape index (κ1) is 23.4. The van der Waals surface area contributed by atoms with Gasteiger partial charge in [-0.3, -0.25) is 14.5 Å². The van der Waals surface area contributed by atoms with E-state index in [9.17, 15) is 19.5 Å². The number of carbonyl (C=O) groups excluding carboxylic acids is 3. The number of fused-ring (bicyclic) bond motifs is 1. The lowest BCUT2D eigenvalue weighted by Gasteiger charge is -2.50. The number of pyridine rings is 1. The van der Waals surface area contributed by atoms with Crippen LogP contribution in [-0.2, 0) is 25.8 Å². The van der Waals surface area contributed by atoms with Gasteiger partial charge < -0.3 is 25.8 Å². The molecule has 2 aliphatic heterocycles. The number of nitrogens with zero attached hydrogens (tertiary/aromatic N) is 4. The van der Waals surface area contributed by atoms with E-state index in [1.807, 2.05) is 41.2 Å². The van der Waals surface area contributed by atoms with E-state index in [2.05, 4.69) is 15.5 Å². The van der Waals surface area contributed by atoms with Crippen molar-refractivity contribution in [3.8, 4) is 0 Å². The van der Waals surface area contributed by atoms with E-state index in [-0.39, 0.29) is 22.2 Å². The predicted molar refractivity (Wildman–Crippen MR) is 123 cm³/mol. The van der Waals surface area contributed by atoms with Crippen LogP contribution in [0.5, 0.6) is 0 Å². The molecule has 1 saturated heterocycles. The standard InChI is InChI=1S/C21H20N6O5S2/c1-32-25-14(13-11-34-21(22)23-13)17(28)24-15-18(29)27-16(20(30)31)12(10-33-19(15)27)6-5-9-26-7-3-2-4-8-26/h2-8,11,15,19H,9-10H2,1H3,(H3-,22,23,24,28,30,31)/b6-5+,25-14-/t15?,19-/m0/s1. The number of nitrogen functional groups attached to an aromatic ring is 1. The van der Waals surface area contributed by atoms with Crippen LogP contribution >= 0.6 is 23.1 Å². The Kier molecular flexibility index (Phi) is 6.93. The minimum absolute atomic E-state index is 0.139. The zero-order valence-corrected chi connectivity index (χ0v) is 19.5. The number of carboxylic acids is 1. The van der Waals surface area contributed by atoms with Gasteiger partial charge in [0.2, 0.25) is 0 Å². The quantitative estimate of drug-likeness (QED) is 0.203. The Balaban J connectivity index is 1.49. The van der Waals surface area contributed by atoms with Gasteiger partial charge >= 0.3 is 0 Å². The number of carbonyl (C=O) groups is 3. The highest BCUT2D eigenvalue weighted by Crippen LogP contribution is 2.40. The second-order valence-corrected chi connectivity index (χ2v) is 9.19. The molecular weight excluding hydrogens is 480 g/mol. The number of thioether (sulfide) groups is 1. The van der Waals surface area contributed by atoms with Crippen LogP contribution in [0.1, 0.15) is 5.69 Å². The molecule has 0 aromatic carbocycles. The number of amides is 2. The third kappa shape index (κ3) is 4.65. The summed E-state index contributed by atoms with van der Waals surface area (Å²) in [5, 5.41) is 19.4. The average molecular weight is 501 g/mol. The average Bonchev–Trinajstić information content (AvgIpc) is 3.26. The van der Waals surface area contributed by atoms with E-state index in [0.717, 1.165) is 16.2 Å². The Morgan fingerprint density at radius 3 is 2.82 bits per heavy atom. The number of allylic oxidation sites excluding steroid dienone is 2. The third-order valence-electron chi connectivity index (χ3n) is 5.05. The van der Waals surface area contributed by atoms with Gasteiger partial charge in [-0.15, -0.1) is 23.1 Å². The number of carboxylic acid groups (broad SMARTS) is 1. The second kappa shape index (κ2) is 10.1. The summed E-state index contributed by atoms with van der Waals surface area (Å²) in [7, 11) is 1.28. The van der Waals surface area contributed by atoms with Crippen molar-refractivity contribution in [2.75, 3.05) is 18.6 Å². The predicted octanol–water partition coefficient (Wildman–Crippen LogP) is -0.976. The number of aliphatic carboxylic acids is 1. The smallest absolute Gasteiger partial charge is 0.276 e. The molecule has 0 radical (unpaired) electrons. The molecule has 3 N–H and O–H groups in total. The molecule has 0 spiro atoms. The summed E-state index contributed by atoms with van der Waals surface area (Å²) >= 11 is 2.47. The zero-order valence-electron chi connectivity index (χ0n) is 17.9. The van der Waals surface area contributed by atoms with Crippen molar-refractivity contribution in [1.82, 2.24) is 15.2 Å². The molecule has 4 heterocycles. The normalized spacial score (nSPS) is 20.2. The maximum Gasteiger partial charge on any atom is 0.276 e. The van der Waals surface area contributed by atoms with Crippen LogP contribution < -0.4 is 20.7 Å². The Labute approximate surface area is 202 Å². The first-order valence-corrected chi connectivity index (χ1v) is 12.0. The molecule has 2 amide bonds. The molecule has 176 valence electrons. The Hall–Kier alpha value is -3.71. The number of hydrogen-bond acceptors (Lipinski definition) is 10. The lowest BCUT2D eigenvalue weighted by atomic mass is 10.0. The number of rotatable bonds is 8. The lowest BCUT2D eigenvalue weighted by Crippen LogP contribution is -2.71. The van der Waals surface area contributed by atoms with Crippen molar-refractivity contribution in [3.05, 3.63) is 65.1 Å². The van der Waals surface area contributed by atoms with Crippen LogP contribution in [0.15, 0.2) is 64.6 Å². The monoisotopic (exact) mass is 500 g/mol. The van der Waals surface area contributed by atoms with Gasteiger partial charge in [0.05, 0.1) is 11.7 Å². The molecule has 4 rings (SSSR count). The molecule has 2 atom stereocenters. The van der Waals surface area contributed by atoms with Crippen molar-refractivity contribution in [1.29, 1.82) is 0 Å². The van der Waals surface area contributed by atoms with Gasteiger partial charge in [-0.1, -0.05) is 17.3 Å². The number of oxime groups is 1. The summed E-state index contributed by atoms with van der Waals surface area (Å²) in [4.78, 5) is 47.4. The van der Waals surface area contributed by atoms with Crippen molar-refractivity contribution in [2.45, 2.75) is 18.0 Å². The maximum absolute atomic E-state index is 12.8. The number of thiazole rings is 1. The van der Waals surface area contributed by atoms with Crippen molar-refractivity contribution < 1.29 is 28.9 Å². The van der Waals surface area contributed by atoms with Crippen molar-refractivity contribution >= 4 is 51.7 Å². The second-order valence-electron chi connectivity index (χ2n) is 7.19. The summed E-state index contributed by atoms with van der Waals surface area (Å²) in [6.07, 6.45) is 7.27. The number of nitrogens with one attached hydrogen (secondary N) is 1. The summed E-state index contributed by atoms with van der Waals surface area (Å²) in [5.41, 5.74) is 5.98. The molecule has 11 nitrogen and oxygen atoms in total. The topological polar surface area (TPSA) is 154 Å². The van der Waals surface area contributed by atoms with Gasteiger partial charge in [-0.25, -0.2) is 9.55 Å². The van der Waals surface area contributed by atoms with Gasteiger partial charge in [0.25, 0.3) is 11.8 Å². The van der Waals surface area contributed by atoms with E-state index < -0.39 is 29.2 Å². The molecule has 2 aromatic rings. The van der Waals surface area contributed by atoms with Gasteiger partial charge in [0.15, 0.2) is 29.8 Å². The minimum Gasteiger partial charge on any atom is -0.543 e. The van der Waals surface area contributed by atoms with Gasteiger partial charge in [-0.2, -0.15) is 0 Å². The van der Waals surface area contributed by atoms with Crippen LogP contribution in [0, 0.1) is 0 Å². The summed E-state index contributed by atoms with van der Waals surface area (Å²) < 4.78 is 1.92. The Morgan fingerprint density at radius 1 is 1.41 bits per heavy atom. The number of aromatic nitrogens is 2. The summed E-state index contributed by atoms with van der Waals surface area (Å²) in [6, 6.07) is 4.74. The van der Waals surface area contributed by atoms with E-state index in [4.69, 9.17) is 10.6 Å². The maximum atomic E-state index is 12.8. The van der Waals surface area contributed by atoms with Gasteiger partial charge in [-0.05, 0) is 11.6 Å². The summed E-state index contributed by atoms with van der Waals surface area (Å²) in [6.45, 7) is 0.536. The van der Waals surface area contributed by atoms with Crippen molar-refractivity contribution in [3.63, 3.8) is 0 Å². The molecule has 0 bridgehead atoms. The first-order chi connectivity index (χ1) is 16.4. The fraction of sp³-hybridized carbons (Fsp3) is 0.238. The largest absolute Gasteiger partial charge is 0.543 e. The fourth-order valence-electron chi connectivity index (χ4n) is 3.53. The van der Waals surface area contributed by atoms with E-state index in [0.29, 0.717) is 17.9 Å². The number of hydrogen-bond donors (Lipinski definition) is 2. The molecular formula is C21H20N6O5S2. The number of nitrogens with two attached hydrogens (primary N) is 1. The minimum atomic E-state index is -1.45. The molecule has 13 heteroatoms. The molecule has 2 aromatic heterocycles. The van der Waals surface area contributed by atoms with Crippen LogP contribution in [-0.4, -0.2) is 57.7 Å². The van der Waals surface area contributed by atoms with Crippen LogP contribution in [0.3, 0.4) is 0 Å². The third-order valence-corrected chi connectivity index (χ3v) is 7.03. The fourth-order valence-corrected chi connectivity index (χ4v) is 5.40.